The van der Waals surface area contributed by atoms with E-state index in [1.807, 2.05) is 38.1 Å². The SMILES string of the molecule is CCNC(=O)C1CC12N=C(c1ccc(Cl)cc1)c1c(sc(C)c1C)-n1c(C)nnc12. The van der Waals surface area contributed by atoms with Crippen LogP contribution in [-0.2, 0) is 10.3 Å². The molecule has 1 saturated carbocycles. The molecule has 5 rings (SSSR count). The van der Waals surface area contributed by atoms with Crippen LogP contribution in [0.25, 0.3) is 5.00 Å². The lowest BCUT2D eigenvalue weighted by molar-refractivity contribution is -0.122. The molecule has 1 fully saturated rings. The minimum absolute atomic E-state index is 0.0158. The number of hydrogen-bond donors (Lipinski definition) is 1. The van der Waals surface area contributed by atoms with E-state index in [0.717, 1.165) is 33.5 Å². The van der Waals surface area contributed by atoms with Crippen LogP contribution in [0.5, 0.6) is 0 Å². The molecular weight excluding hydrogens is 418 g/mol. The number of amides is 1. The third-order valence-corrected chi connectivity index (χ3v) is 7.49. The molecule has 0 saturated heterocycles. The lowest BCUT2D eigenvalue weighted by Gasteiger charge is -2.13. The number of aromatic nitrogens is 3. The van der Waals surface area contributed by atoms with Crippen LogP contribution < -0.4 is 5.32 Å². The summed E-state index contributed by atoms with van der Waals surface area (Å²) in [4.78, 5) is 19.3. The highest BCUT2D eigenvalue weighted by Crippen LogP contribution is 2.57. The van der Waals surface area contributed by atoms with Crippen molar-refractivity contribution >= 4 is 34.6 Å². The number of carbonyl (C=O) groups excluding carboxylic acids is 1. The van der Waals surface area contributed by atoms with E-state index in [2.05, 4.69) is 33.9 Å². The number of nitrogens with zero attached hydrogens (tertiary/aromatic N) is 4. The molecule has 8 heteroatoms. The van der Waals surface area contributed by atoms with Crippen LogP contribution in [0.4, 0.5) is 0 Å². The van der Waals surface area contributed by atoms with Crippen molar-refractivity contribution in [1.29, 1.82) is 0 Å². The van der Waals surface area contributed by atoms with Gasteiger partial charge in [0, 0.05) is 27.6 Å². The molecule has 3 aromatic rings. The highest BCUT2D eigenvalue weighted by atomic mass is 35.5. The van der Waals surface area contributed by atoms with Gasteiger partial charge in [-0.15, -0.1) is 21.5 Å². The Morgan fingerprint density at radius 1 is 1.27 bits per heavy atom. The zero-order valence-corrected chi connectivity index (χ0v) is 18.9. The number of fused-ring (bicyclic) bond motifs is 4. The molecule has 1 aliphatic carbocycles. The minimum Gasteiger partial charge on any atom is -0.356 e. The minimum atomic E-state index is -0.700. The van der Waals surface area contributed by atoms with Crippen molar-refractivity contribution in [3.8, 4) is 5.00 Å². The molecule has 1 N–H and O–H groups in total. The van der Waals surface area contributed by atoms with E-state index in [-0.39, 0.29) is 11.8 Å². The van der Waals surface area contributed by atoms with E-state index < -0.39 is 5.54 Å². The third kappa shape index (κ3) is 2.68. The zero-order chi connectivity index (χ0) is 21.2. The Hall–Kier alpha value is -2.51. The maximum Gasteiger partial charge on any atom is 0.226 e. The van der Waals surface area contributed by atoms with Crippen LogP contribution in [0.15, 0.2) is 29.3 Å². The van der Waals surface area contributed by atoms with E-state index >= 15 is 0 Å². The molecule has 2 aliphatic rings. The summed E-state index contributed by atoms with van der Waals surface area (Å²) in [7, 11) is 0. The largest absolute Gasteiger partial charge is 0.356 e. The van der Waals surface area contributed by atoms with Gasteiger partial charge in [-0.3, -0.25) is 14.4 Å². The number of thiophene rings is 1. The predicted molar refractivity (Wildman–Crippen MR) is 119 cm³/mol. The Kier molecular flexibility index (Phi) is 4.38. The predicted octanol–water partition coefficient (Wildman–Crippen LogP) is 4.11. The highest BCUT2D eigenvalue weighted by Gasteiger charge is 2.64. The van der Waals surface area contributed by atoms with Crippen LogP contribution in [0.1, 0.15) is 46.6 Å². The van der Waals surface area contributed by atoms with Gasteiger partial charge in [0.05, 0.1) is 11.6 Å². The Morgan fingerprint density at radius 3 is 2.70 bits per heavy atom. The first-order valence-electron chi connectivity index (χ1n) is 10.0. The van der Waals surface area contributed by atoms with E-state index in [0.29, 0.717) is 18.0 Å². The lowest BCUT2D eigenvalue weighted by atomic mass is 9.99. The molecule has 30 heavy (non-hydrogen) atoms. The van der Waals surface area contributed by atoms with Gasteiger partial charge in [-0.05, 0) is 51.8 Å². The van der Waals surface area contributed by atoms with E-state index in [1.54, 1.807) is 11.3 Å². The average Bonchev–Trinajstić information content (AvgIpc) is 3.24. The average molecular weight is 440 g/mol. The highest BCUT2D eigenvalue weighted by molar-refractivity contribution is 7.15. The summed E-state index contributed by atoms with van der Waals surface area (Å²) in [6.07, 6.45) is 0.626. The number of aryl methyl sites for hydroxylation is 2. The van der Waals surface area contributed by atoms with Gasteiger partial charge >= 0.3 is 0 Å². The normalized spacial score (nSPS) is 21.6. The van der Waals surface area contributed by atoms with Crippen LogP contribution in [-0.4, -0.2) is 32.9 Å². The molecule has 2 unspecified atom stereocenters. The standard InChI is InChI=1S/C22H22ClN5OS/c1-5-24-19(29)16-10-22(16)21-27-26-13(4)28(21)20-17(11(2)12(3)30-20)18(25-22)14-6-8-15(23)9-7-14/h6-9,16H,5,10H2,1-4H3,(H,24,29). The molecule has 0 radical (unpaired) electrons. The molecular formula is C22H22ClN5OS. The lowest BCUT2D eigenvalue weighted by Crippen LogP contribution is -2.29. The van der Waals surface area contributed by atoms with Crippen LogP contribution in [0, 0.1) is 26.7 Å². The first kappa shape index (κ1) is 19.5. The molecule has 2 aromatic heterocycles. The molecule has 1 amide bonds. The molecule has 0 bridgehead atoms. The van der Waals surface area contributed by atoms with Crippen molar-refractivity contribution in [2.75, 3.05) is 6.54 Å². The van der Waals surface area contributed by atoms with Gasteiger partial charge in [-0.1, -0.05) is 23.7 Å². The quantitative estimate of drug-likeness (QED) is 0.667. The second-order valence-corrected chi connectivity index (χ2v) is 9.55. The fourth-order valence-corrected chi connectivity index (χ4v) is 5.62. The van der Waals surface area contributed by atoms with Crippen molar-refractivity contribution < 1.29 is 4.79 Å². The van der Waals surface area contributed by atoms with Crippen LogP contribution in [0.2, 0.25) is 5.02 Å². The summed E-state index contributed by atoms with van der Waals surface area (Å²) in [5.41, 5.74) is 3.45. The van der Waals surface area contributed by atoms with E-state index in [4.69, 9.17) is 16.6 Å². The smallest absolute Gasteiger partial charge is 0.226 e. The molecule has 1 spiro atoms. The van der Waals surface area contributed by atoms with Crippen molar-refractivity contribution in [2.24, 2.45) is 10.9 Å². The van der Waals surface area contributed by atoms with Crippen molar-refractivity contribution in [1.82, 2.24) is 20.1 Å². The number of rotatable bonds is 3. The first-order chi connectivity index (χ1) is 14.4. The number of halogens is 1. The van der Waals surface area contributed by atoms with Gasteiger partial charge in [0.25, 0.3) is 0 Å². The fraction of sp³-hybridized carbons (Fsp3) is 0.364. The molecule has 1 aliphatic heterocycles. The van der Waals surface area contributed by atoms with Gasteiger partial charge in [-0.2, -0.15) is 0 Å². The van der Waals surface area contributed by atoms with Crippen molar-refractivity contribution in [3.63, 3.8) is 0 Å². The summed E-state index contributed by atoms with van der Waals surface area (Å²) >= 11 is 7.87. The van der Waals surface area contributed by atoms with E-state index in [9.17, 15) is 4.79 Å². The maximum absolute atomic E-state index is 12.8. The summed E-state index contributed by atoms with van der Waals surface area (Å²) in [6, 6.07) is 7.75. The summed E-state index contributed by atoms with van der Waals surface area (Å²) in [5.74, 6) is 1.32. The van der Waals surface area contributed by atoms with Gasteiger partial charge in [0.15, 0.2) is 5.82 Å². The van der Waals surface area contributed by atoms with Gasteiger partial charge < -0.3 is 5.32 Å². The topological polar surface area (TPSA) is 72.2 Å². The summed E-state index contributed by atoms with van der Waals surface area (Å²) in [5, 5.41) is 13.6. The number of aliphatic imine (C=N–C) groups is 1. The molecule has 154 valence electrons. The number of carbonyl (C=O) groups is 1. The van der Waals surface area contributed by atoms with E-state index in [1.165, 1.54) is 10.4 Å². The Labute approximate surface area is 184 Å². The Morgan fingerprint density at radius 2 is 2.00 bits per heavy atom. The second-order valence-electron chi connectivity index (χ2n) is 7.91. The third-order valence-electron chi connectivity index (χ3n) is 6.05. The van der Waals surface area contributed by atoms with Crippen molar-refractivity contribution in [2.45, 2.75) is 39.7 Å². The number of nitrogens with one attached hydrogen (secondary N) is 1. The van der Waals surface area contributed by atoms with Crippen LogP contribution >= 0.6 is 22.9 Å². The Balaban J connectivity index is 1.80. The van der Waals surface area contributed by atoms with Gasteiger partial charge in [0.2, 0.25) is 5.91 Å². The fourth-order valence-electron chi connectivity index (χ4n) is 4.28. The van der Waals surface area contributed by atoms with Gasteiger partial charge in [-0.25, -0.2) is 0 Å². The second kappa shape index (κ2) is 6.75. The maximum atomic E-state index is 12.8. The molecule has 6 nitrogen and oxygen atoms in total. The summed E-state index contributed by atoms with van der Waals surface area (Å²) < 4.78 is 2.10. The number of benzene rings is 1. The molecule has 2 atom stereocenters. The molecule has 3 heterocycles. The van der Waals surface area contributed by atoms with Crippen LogP contribution in [0.3, 0.4) is 0 Å². The zero-order valence-electron chi connectivity index (χ0n) is 17.3. The summed E-state index contributed by atoms with van der Waals surface area (Å²) in [6.45, 7) is 8.73. The van der Waals surface area contributed by atoms with Crippen molar-refractivity contribution in [3.05, 3.63) is 62.5 Å². The molecule has 1 aromatic carbocycles. The first-order valence-corrected chi connectivity index (χ1v) is 11.2. The van der Waals surface area contributed by atoms with Gasteiger partial charge in [0.1, 0.15) is 16.4 Å². The number of hydrogen-bond acceptors (Lipinski definition) is 5. The monoisotopic (exact) mass is 439 g/mol. The Bertz CT molecular complexity index is 1210.